The maximum atomic E-state index is 13.0. The number of rotatable bonds is 1. The molecule has 6 heteroatoms. The summed E-state index contributed by atoms with van der Waals surface area (Å²) in [4.78, 5) is 10.7. The Morgan fingerprint density at radius 2 is 1.87 bits per heavy atom. The first-order valence-electron chi connectivity index (χ1n) is 3.90. The predicted molar refractivity (Wildman–Crippen MR) is 44.7 cm³/mol. The predicted octanol–water partition coefficient (Wildman–Crippen LogP) is 2.25. The van der Waals surface area contributed by atoms with E-state index in [9.17, 15) is 22.4 Å². The van der Waals surface area contributed by atoms with E-state index in [1.54, 1.807) is 0 Å². The van der Waals surface area contributed by atoms with E-state index in [0.717, 1.165) is 0 Å². The molecule has 1 rings (SSSR count). The Kier molecular flexibility index (Phi) is 2.70. The van der Waals surface area contributed by atoms with Gasteiger partial charge in [-0.2, -0.15) is 13.2 Å². The third-order valence-electron chi connectivity index (χ3n) is 1.94. The Hall–Kier alpha value is -1.59. The molecule has 0 atom stereocenters. The number of carbonyl (C=O) groups is 1. The maximum absolute atomic E-state index is 13.0. The summed E-state index contributed by atoms with van der Waals surface area (Å²) in [6.07, 6.45) is -4.70. The Labute approximate surface area is 82.7 Å². The molecule has 2 nitrogen and oxygen atoms in total. The van der Waals surface area contributed by atoms with Gasteiger partial charge < -0.3 is 5.73 Å². The van der Waals surface area contributed by atoms with Crippen LogP contribution in [0.4, 0.5) is 17.6 Å². The van der Waals surface area contributed by atoms with Crippen molar-refractivity contribution in [2.75, 3.05) is 0 Å². The van der Waals surface area contributed by atoms with E-state index in [1.807, 2.05) is 0 Å². The van der Waals surface area contributed by atoms with Gasteiger partial charge in [0.25, 0.3) is 0 Å². The lowest BCUT2D eigenvalue weighted by molar-refractivity contribution is -0.137. The average Bonchev–Trinajstić information content (AvgIpc) is 2.06. The first kappa shape index (κ1) is 11.5. The van der Waals surface area contributed by atoms with E-state index in [0.29, 0.717) is 12.1 Å². The molecule has 82 valence electrons. The van der Waals surface area contributed by atoms with Crippen LogP contribution in [0.25, 0.3) is 0 Å². The van der Waals surface area contributed by atoms with E-state index in [-0.39, 0.29) is 5.56 Å². The summed E-state index contributed by atoms with van der Waals surface area (Å²) in [5.74, 6) is -2.18. The molecule has 0 aliphatic rings. The second-order valence-electron chi connectivity index (χ2n) is 2.99. The molecule has 0 unspecified atom stereocenters. The van der Waals surface area contributed by atoms with Crippen LogP contribution < -0.4 is 5.73 Å². The highest BCUT2D eigenvalue weighted by atomic mass is 19.4. The van der Waals surface area contributed by atoms with Crippen molar-refractivity contribution >= 4 is 5.91 Å². The van der Waals surface area contributed by atoms with Crippen molar-refractivity contribution in [1.82, 2.24) is 0 Å². The lowest BCUT2D eigenvalue weighted by atomic mass is 10.0. The first-order valence-corrected chi connectivity index (χ1v) is 3.90. The SMILES string of the molecule is Cc1c(F)cc(C(F)(F)F)cc1C(N)=O. The van der Waals surface area contributed by atoms with Crippen LogP contribution in [0, 0.1) is 12.7 Å². The first-order chi connectivity index (χ1) is 6.73. The molecular weight excluding hydrogens is 214 g/mol. The number of benzene rings is 1. The molecule has 0 aliphatic heterocycles. The van der Waals surface area contributed by atoms with Gasteiger partial charge in [0.15, 0.2) is 0 Å². The summed E-state index contributed by atoms with van der Waals surface area (Å²) in [5, 5.41) is 0. The van der Waals surface area contributed by atoms with Crippen LogP contribution in [0.5, 0.6) is 0 Å². The number of alkyl halides is 3. The highest BCUT2D eigenvalue weighted by molar-refractivity contribution is 5.94. The minimum atomic E-state index is -4.70. The molecule has 0 saturated carbocycles. The fraction of sp³-hybridized carbons (Fsp3) is 0.222. The molecule has 15 heavy (non-hydrogen) atoms. The zero-order chi connectivity index (χ0) is 11.8. The lowest BCUT2D eigenvalue weighted by Gasteiger charge is -2.10. The second-order valence-corrected chi connectivity index (χ2v) is 2.99. The third kappa shape index (κ3) is 2.26. The van der Waals surface area contributed by atoms with Crippen molar-refractivity contribution in [3.63, 3.8) is 0 Å². The minimum absolute atomic E-state index is 0.185. The lowest BCUT2D eigenvalue weighted by Crippen LogP contribution is -2.16. The number of primary amides is 1. The van der Waals surface area contributed by atoms with E-state index in [4.69, 9.17) is 5.73 Å². The summed E-state index contributed by atoms with van der Waals surface area (Å²) in [6.45, 7) is 1.19. The molecule has 0 aromatic heterocycles. The molecule has 0 spiro atoms. The highest BCUT2D eigenvalue weighted by Gasteiger charge is 2.32. The average molecular weight is 221 g/mol. The Morgan fingerprint density at radius 1 is 1.33 bits per heavy atom. The Balaban J connectivity index is 3.43. The molecule has 2 N–H and O–H groups in total. The monoisotopic (exact) mass is 221 g/mol. The van der Waals surface area contributed by atoms with E-state index in [1.165, 1.54) is 6.92 Å². The van der Waals surface area contributed by atoms with Crippen LogP contribution in [0.2, 0.25) is 0 Å². The van der Waals surface area contributed by atoms with Gasteiger partial charge in [-0.25, -0.2) is 4.39 Å². The number of hydrogen-bond acceptors (Lipinski definition) is 1. The van der Waals surface area contributed by atoms with Crippen LogP contribution in [0.3, 0.4) is 0 Å². The number of halogens is 4. The fourth-order valence-electron chi connectivity index (χ4n) is 1.10. The van der Waals surface area contributed by atoms with E-state index < -0.39 is 29.0 Å². The van der Waals surface area contributed by atoms with Gasteiger partial charge in [0.1, 0.15) is 5.82 Å². The second kappa shape index (κ2) is 3.52. The summed E-state index contributed by atoms with van der Waals surface area (Å²) < 4.78 is 49.7. The molecule has 0 saturated heterocycles. The summed E-state index contributed by atoms with van der Waals surface area (Å²) >= 11 is 0. The van der Waals surface area contributed by atoms with Gasteiger partial charge in [-0.3, -0.25) is 4.79 Å². The maximum Gasteiger partial charge on any atom is 0.416 e. The molecule has 0 fully saturated rings. The Morgan fingerprint density at radius 3 is 2.27 bits per heavy atom. The van der Waals surface area contributed by atoms with Gasteiger partial charge in [-0.15, -0.1) is 0 Å². The van der Waals surface area contributed by atoms with Crippen molar-refractivity contribution in [2.24, 2.45) is 5.73 Å². The molecule has 1 aromatic carbocycles. The van der Waals surface area contributed by atoms with E-state index >= 15 is 0 Å². The van der Waals surface area contributed by atoms with E-state index in [2.05, 4.69) is 0 Å². The van der Waals surface area contributed by atoms with Gasteiger partial charge in [0.2, 0.25) is 5.91 Å². The molecule has 1 aromatic rings. The summed E-state index contributed by atoms with van der Waals surface area (Å²) in [7, 11) is 0. The van der Waals surface area contributed by atoms with Gasteiger partial charge in [0, 0.05) is 5.56 Å². The topological polar surface area (TPSA) is 43.1 Å². The third-order valence-corrected chi connectivity index (χ3v) is 1.94. The van der Waals surface area contributed by atoms with Crippen LogP contribution >= 0.6 is 0 Å². The molecule has 0 heterocycles. The normalized spacial score (nSPS) is 11.5. The van der Waals surface area contributed by atoms with Crippen molar-refractivity contribution in [1.29, 1.82) is 0 Å². The zero-order valence-corrected chi connectivity index (χ0v) is 7.65. The molecular formula is C9H7F4NO. The highest BCUT2D eigenvalue weighted by Crippen LogP contribution is 2.31. The van der Waals surface area contributed by atoms with Crippen LogP contribution in [-0.4, -0.2) is 5.91 Å². The smallest absolute Gasteiger partial charge is 0.366 e. The number of nitrogens with two attached hydrogens (primary N) is 1. The van der Waals surface area contributed by atoms with Gasteiger partial charge in [-0.05, 0) is 24.6 Å². The quantitative estimate of drug-likeness (QED) is 0.726. The number of carbonyl (C=O) groups excluding carboxylic acids is 1. The van der Waals surface area contributed by atoms with Gasteiger partial charge in [-0.1, -0.05) is 0 Å². The molecule has 0 radical (unpaired) electrons. The molecule has 1 amide bonds. The van der Waals surface area contributed by atoms with Crippen molar-refractivity contribution in [3.8, 4) is 0 Å². The van der Waals surface area contributed by atoms with Crippen molar-refractivity contribution in [3.05, 3.63) is 34.6 Å². The van der Waals surface area contributed by atoms with Gasteiger partial charge in [0.05, 0.1) is 5.56 Å². The Bertz CT molecular complexity index is 411. The number of hydrogen-bond donors (Lipinski definition) is 1. The van der Waals surface area contributed by atoms with Crippen LogP contribution in [0.1, 0.15) is 21.5 Å². The standard InChI is InChI=1S/C9H7F4NO/c1-4-6(8(14)15)2-5(3-7(4)10)9(11,12)13/h2-3H,1H3,(H2,14,15). The van der Waals surface area contributed by atoms with Crippen LogP contribution in [0.15, 0.2) is 12.1 Å². The summed E-state index contributed by atoms with van der Waals surface area (Å²) in [5.41, 5.74) is 2.96. The van der Waals surface area contributed by atoms with Gasteiger partial charge >= 0.3 is 6.18 Å². The molecule has 0 bridgehead atoms. The minimum Gasteiger partial charge on any atom is -0.366 e. The largest absolute Gasteiger partial charge is 0.416 e. The molecule has 0 aliphatic carbocycles. The van der Waals surface area contributed by atoms with Crippen molar-refractivity contribution < 1.29 is 22.4 Å². The van der Waals surface area contributed by atoms with Crippen molar-refractivity contribution in [2.45, 2.75) is 13.1 Å². The number of amides is 1. The zero-order valence-electron chi connectivity index (χ0n) is 7.65. The van der Waals surface area contributed by atoms with Crippen LogP contribution in [-0.2, 0) is 6.18 Å². The summed E-state index contributed by atoms with van der Waals surface area (Å²) in [6, 6.07) is 0.877. The fourth-order valence-corrected chi connectivity index (χ4v) is 1.10.